The fraction of sp³-hybridized carbons (Fsp3) is 0.294. The Morgan fingerprint density at radius 2 is 1.83 bits per heavy atom. The van der Waals surface area contributed by atoms with Crippen molar-refractivity contribution >= 4 is 21.6 Å². The van der Waals surface area contributed by atoms with E-state index in [1.54, 1.807) is 27.0 Å². The molecule has 0 unspecified atom stereocenters. The molecular weight excluding hydrogens is 353 g/mol. The van der Waals surface area contributed by atoms with Crippen LogP contribution >= 0.6 is 11.6 Å². The Morgan fingerprint density at radius 1 is 1.17 bits per heavy atom. The lowest BCUT2D eigenvalue weighted by Gasteiger charge is -2.17. The molecule has 2 aromatic carbocycles. The van der Waals surface area contributed by atoms with Crippen molar-refractivity contribution in [1.82, 2.24) is 4.72 Å². The van der Waals surface area contributed by atoms with Crippen LogP contribution in [0.1, 0.15) is 22.3 Å². The smallest absolute Gasteiger partial charge is 0.241 e. The predicted octanol–water partition coefficient (Wildman–Crippen LogP) is 3.89. The maximum atomic E-state index is 13.1. The molecule has 0 saturated carbocycles. The maximum Gasteiger partial charge on any atom is 0.241 e. The number of benzene rings is 2. The molecule has 0 saturated heterocycles. The molecule has 0 spiro atoms. The standard InChI is InChI=1S/C17H19ClFNO3S/c1-10-7-16(23-4)11(2)12(3)17(10)24(21,22)20-9-13-5-6-14(19)8-15(13)18/h5-8,20H,9H2,1-4H3. The molecule has 0 aliphatic carbocycles. The van der Waals surface area contributed by atoms with Gasteiger partial charge in [0.2, 0.25) is 10.0 Å². The van der Waals surface area contributed by atoms with Gasteiger partial charge in [-0.3, -0.25) is 0 Å². The summed E-state index contributed by atoms with van der Waals surface area (Å²) in [6.45, 7) is 5.24. The van der Waals surface area contributed by atoms with Crippen molar-refractivity contribution in [2.24, 2.45) is 0 Å². The SMILES string of the molecule is COc1cc(C)c(S(=O)(=O)NCc2ccc(F)cc2Cl)c(C)c1C. The molecular formula is C17H19ClFNO3S. The van der Waals surface area contributed by atoms with Gasteiger partial charge in [0.15, 0.2) is 0 Å². The van der Waals surface area contributed by atoms with Gasteiger partial charge in [-0.1, -0.05) is 17.7 Å². The minimum Gasteiger partial charge on any atom is -0.496 e. The number of hydrogen-bond acceptors (Lipinski definition) is 3. The highest BCUT2D eigenvalue weighted by molar-refractivity contribution is 7.89. The summed E-state index contributed by atoms with van der Waals surface area (Å²) in [5.74, 6) is 0.176. The fourth-order valence-corrected chi connectivity index (χ4v) is 4.32. The Balaban J connectivity index is 2.36. The second-order valence-corrected chi connectivity index (χ2v) is 7.65. The van der Waals surface area contributed by atoms with E-state index in [2.05, 4.69) is 4.72 Å². The summed E-state index contributed by atoms with van der Waals surface area (Å²) in [6.07, 6.45) is 0. The molecule has 0 amide bonds. The predicted molar refractivity (Wildman–Crippen MR) is 92.6 cm³/mol. The summed E-state index contributed by atoms with van der Waals surface area (Å²) in [7, 11) is -2.21. The Hall–Kier alpha value is -1.63. The monoisotopic (exact) mass is 371 g/mol. The highest BCUT2D eigenvalue weighted by atomic mass is 35.5. The quantitative estimate of drug-likeness (QED) is 0.867. The van der Waals surface area contributed by atoms with Crippen molar-refractivity contribution in [1.29, 1.82) is 0 Å². The third-order valence-electron chi connectivity index (χ3n) is 3.93. The van der Waals surface area contributed by atoms with Crippen LogP contribution in [-0.4, -0.2) is 15.5 Å². The van der Waals surface area contributed by atoms with E-state index in [4.69, 9.17) is 16.3 Å². The van der Waals surface area contributed by atoms with E-state index in [1.165, 1.54) is 12.1 Å². The van der Waals surface area contributed by atoms with E-state index in [9.17, 15) is 12.8 Å². The second kappa shape index (κ2) is 7.09. The van der Waals surface area contributed by atoms with Crippen molar-refractivity contribution in [2.45, 2.75) is 32.2 Å². The highest BCUT2D eigenvalue weighted by Crippen LogP contribution is 2.30. The number of rotatable bonds is 5. The van der Waals surface area contributed by atoms with E-state index in [1.807, 2.05) is 6.92 Å². The molecule has 0 aromatic heterocycles. The minimum absolute atomic E-state index is 0.0224. The molecule has 0 aliphatic heterocycles. The average Bonchev–Trinajstić information content (AvgIpc) is 2.49. The second-order valence-electron chi connectivity index (χ2n) is 5.54. The van der Waals surface area contributed by atoms with E-state index in [-0.39, 0.29) is 16.5 Å². The molecule has 0 fully saturated rings. The number of methoxy groups -OCH3 is 1. The van der Waals surface area contributed by atoms with Crippen LogP contribution in [0.2, 0.25) is 5.02 Å². The van der Waals surface area contributed by atoms with E-state index in [0.717, 1.165) is 11.6 Å². The van der Waals surface area contributed by atoms with Gasteiger partial charge in [0, 0.05) is 11.6 Å². The zero-order chi connectivity index (χ0) is 18.1. The molecule has 0 heterocycles. The summed E-state index contributed by atoms with van der Waals surface area (Å²) in [5, 5.41) is 0.178. The van der Waals surface area contributed by atoms with Gasteiger partial charge in [-0.2, -0.15) is 0 Å². The zero-order valence-corrected chi connectivity index (χ0v) is 15.5. The van der Waals surface area contributed by atoms with Gasteiger partial charge in [-0.25, -0.2) is 17.5 Å². The van der Waals surface area contributed by atoms with Crippen LogP contribution in [0, 0.1) is 26.6 Å². The number of halogens is 2. The van der Waals surface area contributed by atoms with E-state index < -0.39 is 15.8 Å². The lowest BCUT2D eigenvalue weighted by atomic mass is 10.1. The number of aryl methyl sites for hydroxylation is 1. The topological polar surface area (TPSA) is 55.4 Å². The van der Waals surface area contributed by atoms with Gasteiger partial charge in [-0.05, 0) is 61.2 Å². The van der Waals surface area contributed by atoms with E-state index in [0.29, 0.717) is 22.4 Å². The first kappa shape index (κ1) is 18.7. The molecule has 24 heavy (non-hydrogen) atoms. The number of sulfonamides is 1. The number of ether oxygens (including phenoxy) is 1. The molecule has 0 atom stereocenters. The van der Waals surface area contributed by atoms with Crippen LogP contribution in [0.3, 0.4) is 0 Å². The third kappa shape index (κ3) is 3.71. The van der Waals surface area contributed by atoms with Crippen molar-refractivity contribution < 1.29 is 17.5 Å². The van der Waals surface area contributed by atoms with Crippen molar-refractivity contribution in [3.63, 3.8) is 0 Å². The number of hydrogen-bond donors (Lipinski definition) is 1. The third-order valence-corrected chi connectivity index (χ3v) is 5.98. The first-order valence-corrected chi connectivity index (χ1v) is 9.12. The Bertz CT molecular complexity index is 882. The molecule has 0 aliphatic rings. The van der Waals surface area contributed by atoms with Gasteiger partial charge in [0.05, 0.1) is 12.0 Å². The molecule has 0 radical (unpaired) electrons. The van der Waals surface area contributed by atoms with Gasteiger partial charge in [0.1, 0.15) is 11.6 Å². The summed E-state index contributed by atoms with van der Waals surface area (Å²) >= 11 is 5.94. The lowest BCUT2D eigenvalue weighted by Crippen LogP contribution is -2.25. The van der Waals surface area contributed by atoms with Crippen LogP contribution < -0.4 is 9.46 Å². The Kier molecular flexibility index (Phi) is 5.52. The molecule has 130 valence electrons. The van der Waals surface area contributed by atoms with Crippen LogP contribution in [0.25, 0.3) is 0 Å². The molecule has 4 nitrogen and oxygen atoms in total. The fourth-order valence-electron chi connectivity index (χ4n) is 2.56. The van der Waals surface area contributed by atoms with E-state index >= 15 is 0 Å². The lowest BCUT2D eigenvalue weighted by molar-refractivity contribution is 0.410. The molecule has 2 rings (SSSR count). The molecule has 2 aromatic rings. The minimum atomic E-state index is -3.75. The van der Waals surface area contributed by atoms with Gasteiger partial charge < -0.3 is 4.74 Å². The average molecular weight is 372 g/mol. The first-order chi connectivity index (χ1) is 11.2. The molecule has 0 bridgehead atoms. The molecule has 1 N–H and O–H groups in total. The van der Waals surface area contributed by atoms with Gasteiger partial charge in [0.25, 0.3) is 0 Å². The summed E-state index contributed by atoms with van der Waals surface area (Å²) in [6, 6.07) is 5.55. The molecule has 7 heteroatoms. The highest BCUT2D eigenvalue weighted by Gasteiger charge is 2.22. The summed E-state index contributed by atoms with van der Waals surface area (Å²) in [5.41, 5.74) is 2.49. The normalized spacial score (nSPS) is 11.6. The Labute approximate surface area is 146 Å². The van der Waals surface area contributed by atoms with Crippen molar-refractivity contribution in [3.05, 3.63) is 57.4 Å². The number of nitrogens with one attached hydrogen (secondary N) is 1. The zero-order valence-electron chi connectivity index (χ0n) is 13.9. The first-order valence-electron chi connectivity index (χ1n) is 7.25. The summed E-state index contributed by atoms with van der Waals surface area (Å²) < 4.78 is 46.3. The maximum absolute atomic E-state index is 13.1. The largest absolute Gasteiger partial charge is 0.496 e. The van der Waals surface area contributed by atoms with Crippen molar-refractivity contribution in [3.8, 4) is 5.75 Å². The van der Waals surface area contributed by atoms with Crippen LogP contribution in [0.4, 0.5) is 4.39 Å². The van der Waals surface area contributed by atoms with Crippen LogP contribution in [0.15, 0.2) is 29.2 Å². The van der Waals surface area contributed by atoms with Crippen LogP contribution in [-0.2, 0) is 16.6 Å². The Morgan fingerprint density at radius 3 is 2.42 bits per heavy atom. The summed E-state index contributed by atoms with van der Waals surface area (Å²) in [4.78, 5) is 0.221. The van der Waals surface area contributed by atoms with Crippen LogP contribution in [0.5, 0.6) is 5.75 Å². The van der Waals surface area contributed by atoms with Crippen molar-refractivity contribution in [2.75, 3.05) is 7.11 Å². The van der Waals surface area contributed by atoms with Gasteiger partial charge in [-0.15, -0.1) is 0 Å². The van der Waals surface area contributed by atoms with Gasteiger partial charge >= 0.3 is 0 Å².